The molecule has 0 radical (unpaired) electrons. The van der Waals surface area contributed by atoms with Gasteiger partial charge >= 0.3 is 0 Å². The predicted octanol–water partition coefficient (Wildman–Crippen LogP) is 1.84. The zero-order chi connectivity index (χ0) is 13.8. The van der Waals surface area contributed by atoms with Crippen molar-refractivity contribution in [2.45, 2.75) is 46.3 Å². The van der Waals surface area contributed by atoms with Crippen molar-refractivity contribution < 1.29 is 5.11 Å². The highest BCUT2D eigenvalue weighted by atomic mass is 16.3. The molecule has 0 fully saturated rings. The molecule has 2 rings (SSSR count). The summed E-state index contributed by atoms with van der Waals surface area (Å²) in [5.41, 5.74) is 2.54. The van der Waals surface area contributed by atoms with Gasteiger partial charge in [-0.25, -0.2) is 4.98 Å². The second-order valence-corrected chi connectivity index (χ2v) is 4.59. The molecule has 0 bridgehead atoms. The maximum absolute atomic E-state index is 10.4. The molecule has 0 amide bonds. The Labute approximate surface area is 113 Å². The van der Waals surface area contributed by atoms with Gasteiger partial charge in [0.15, 0.2) is 0 Å². The molecule has 102 valence electrons. The minimum absolute atomic E-state index is 0.499. The number of aromatic nitrogens is 4. The second kappa shape index (κ2) is 5.93. The van der Waals surface area contributed by atoms with Gasteiger partial charge in [-0.15, -0.1) is 0 Å². The lowest BCUT2D eigenvalue weighted by molar-refractivity contribution is 0.172. The normalized spacial score (nSPS) is 12.6. The lowest BCUT2D eigenvalue weighted by Crippen LogP contribution is -2.12. The largest absolute Gasteiger partial charge is 0.388 e. The molecule has 0 aromatic carbocycles. The van der Waals surface area contributed by atoms with Crippen LogP contribution in [-0.2, 0) is 19.4 Å². The number of rotatable bonds is 5. The molecule has 1 atom stereocenters. The molecule has 2 heterocycles. The molecule has 2 aromatic heterocycles. The van der Waals surface area contributed by atoms with Crippen molar-refractivity contribution in [3.8, 4) is 0 Å². The third kappa shape index (κ3) is 2.98. The smallest absolute Gasteiger partial charge is 0.111 e. The van der Waals surface area contributed by atoms with Gasteiger partial charge in [0.05, 0.1) is 17.5 Å². The lowest BCUT2D eigenvalue weighted by atomic mass is 10.0. The third-order valence-corrected chi connectivity index (χ3v) is 3.24. The Bertz CT molecular complexity index is 550. The zero-order valence-electron chi connectivity index (χ0n) is 11.7. The van der Waals surface area contributed by atoms with E-state index < -0.39 is 6.10 Å². The van der Waals surface area contributed by atoms with Crippen LogP contribution in [-0.4, -0.2) is 24.9 Å². The number of aliphatic hydroxyl groups excluding tert-OH is 1. The SMILES string of the molecule is CCc1nnc(C)cc1C(O)Cc1nccn1CC. The van der Waals surface area contributed by atoms with Crippen LogP contribution in [0.3, 0.4) is 0 Å². The number of hydrogen-bond acceptors (Lipinski definition) is 4. The molecule has 5 nitrogen and oxygen atoms in total. The monoisotopic (exact) mass is 260 g/mol. The second-order valence-electron chi connectivity index (χ2n) is 4.59. The topological polar surface area (TPSA) is 63.8 Å². The van der Waals surface area contributed by atoms with Gasteiger partial charge in [-0.2, -0.15) is 10.2 Å². The van der Waals surface area contributed by atoms with Crippen molar-refractivity contribution in [2.75, 3.05) is 0 Å². The summed E-state index contributed by atoms with van der Waals surface area (Å²) in [7, 11) is 0. The van der Waals surface area contributed by atoms with Crippen LogP contribution in [0.1, 0.15) is 42.7 Å². The van der Waals surface area contributed by atoms with Gasteiger partial charge in [-0.3, -0.25) is 0 Å². The van der Waals surface area contributed by atoms with Crippen molar-refractivity contribution in [1.82, 2.24) is 19.7 Å². The number of nitrogens with zero attached hydrogens (tertiary/aromatic N) is 4. The van der Waals surface area contributed by atoms with Gasteiger partial charge in [0.2, 0.25) is 0 Å². The van der Waals surface area contributed by atoms with Crippen molar-refractivity contribution in [1.29, 1.82) is 0 Å². The fourth-order valence-corrected chi connectivity index (χ4v) is 2.20. The Morgan fingerprint density at radius 3 is 2.79 bits per heavy atom. The first kappa shape index (κ1) is 13.7. The van der Waals surface area contributed by atoms with Gasteiger partial charge in [-0.1, -0.05) is 6.92 Å². The Morgan fingerprint density at radius 2 is 2.11 bits per heavy atom. The van der Waals surface area contributed by atoms with Gasteiger partial charge in [0.25, 0.3) is 0 Å². The molecule has 0 aliphatic carbocycles. The molecule has 2 aromatic rings. The van der Waals surface area contributed by atoms with E-state index in [9.17, 15) is 5.11 Å². The molecule has 1 N–H and O–H groups in total. The van der Waals surface area contributed by atoms with Crippen molar-refractivity contribution in [2.24, 2.45) is 0 Å². The van der Waals surface area contributed by atoms with Gasteiger partial charge in [0.1, 0.15) is 5.82 Å². The van der Waals surface area contributed by atoms with Gasteiger partial charge < -0.3 is 9.67 Å². The molecule has 0 saturated heterocycles. The van der Waals surface area contributed by atoms with E-state index in [0.29, 0.717) is 6.42 Å². The molecular formula is C14H20N4O. The Morgan fingerprint density at radius 1 is 1.32 bits per heavy atom. The average molecular weight is 260 g/mol. The maximum Gasteiger partial charge on any atom is 0.111 e. The molecule has 0 spiro atoms. The number of aryl methyl sites for hydroxylation is 3. The van der Waals surface area contributed by atoms with Crippen LogP contribution in [0.2, 0.25) is 0 Å². The molecule has 0 saturated carbocycles. The fraction of sp³-hybridized carbons (Fsp3) is 0.500. The van der Waals surface area contributed by atoms with E-state index in [2.05, 4.69) is 22.1 Å². The van der Waals surface area contributed by atoms with Crippen LogP contribution in [0, 0.1) is 6.92 Å². The summed E-state index contributed by atoms with van der Waals surface area (Å²) in [6, 6.07) is 1.91. The lowest BCUT2D eigenvalue weighted by Gasteiger charge is -2.14. The Hall–Kier alpha value is -1.75. The summed E-state index contributed by atoms with van der Waals surface area (Å²) in [5.74, 6) is 0.895. The molecule has 0 aliphatic rings. The molecule has 19 heavy (non-hydrogen) atoms. The van der Waals surface area contributed by atoms with Crippen molar-refractivity contribution in [3.05, 3.63) is 41.2 Å². The van der Waals surface area contributed by atoms with Crippen LogP contribution in [0.5, 0.6) is 0 Å². The number of hydrogen-bond donors (Lipinski definition) is 1. The highest BCUT2D eigenvalue weighted by Crippen LogP contribution is 2.21. The fourth-order valence-electron chi connectivity index (χ4n) is 2.20. The van der Waals surface area contributed by atoms with Crippen LogP contribution >= 0.6 is 0 Å². The van der Waals surface area contributed by atoms with E-state index in [4.69, 9.17) is 0 Å². The third-order valence-electron chi connectivity index (χ3n) is 3.24. The summed E-state index contributed by atoms with van der Waals surface area (Å²) in [5, 5.41) is 18.6. The summed E-state index contributed by atoms with van der Waals surface area (Å²) in [6.07, 6.45) is 4.37. The van der Waals surface area contributed by atoms with Crippen LogP contribution in [0.15, 0.2) is 18.5 Å². The van der Waals surface area contributed by atoms with E-state index in [1.54, 1.807) is 6.20 Å². The zero-order valence-corrected chi connectivity index (χ0v) is 11.7. The van der Waals surface area contributed by atoms with E-state index in [0.717, 1.165) is 35.7 Å². The maximum atomic E-state index is 10.4. The number of imidazole rings is 1. The summed E-state index contributed by atoms with van der Waals surface area (Å²) in [6.45, 7) is 6.82. The van der Waals surface area contributed by atoms with Crippen LogP contribution < -0.4 is 0 Å². The average Bonchev–Trinajstić information content (AvgIpc) is 2.85. The molecule has 1 unspecified atom stereocenters. The van der Waals surface area contributed by atoms with Gasteiger partial charge in [-0.05, 0) is 26.3 Å². The van der Waals surface area contributed by atoms with Crippen molar-refractivity contribution in [3.63, 3.8) is 0 Å². The highest BCUT2D eigenvalue weighted by Gasteiger charge is 2.16. The first-order chi connectivity index (χ1) is 9.15. The Balaban J connectivity index is 2.24. The summed E-state index contributed by atoms with van der Waals surface area (Å²) < 4.78 is 2.04. The Kier molecular flexibility index (Phi) is 4.27. The van der Waals surface area contributed by atoms with Crippen LogP contribution in [0.4, 0.5) is 0 Å². The van der Waals surface area contributed by atoms with Crippen molar-refractivity contribution >= 4 is 0 Å². The summed E-state index contributed by atoms with van der Waals surface area (Å²) in [4.78, 5) is 4.30. The summed E-state index contributed by atoms with van der Waals surface area (Å²) >= 11 is 0. The minimum Gasteiger partial charge on any atom is -0.388 e. The first-order valence-corrected chi connectivity index (χ1v) is 6.66. The van der Waals surface area contributed by atoms with E-state index in [1.807, 2.05) is 30.7 Å². The quantitative estimate of drug-likeness (QED) is 0.891. The first-order valence-electron chi connectivity index (χ1n) is 6.66. The molecule has 0 aliphatic heterocycles. The highest BCUT2D eigenvalue weighted by molar-refractivity contribution is 5.24. The van der Waals surface area contributed by atoms with E-state index in [-0.39, 0.29) is 0 Å². The molecule has 5 heteroatoms. The van der Waals surface area contributed by atoms with Gasteiger partial charge in [0, 0.05) is 30.9 Å². The minimum atomic E-state index is -0.586. The predicted molar refractivity (Wildman–Crippen MR) is 72.7 cm³/mol. The van der Waals surface area contributed by atoms with Crippen LogP contribution in [0.25, 0.3) is 0 Å². The molecular weight excluding hydrogens is 240 g/mol. The van der Waals surface area contributed by atoms with E-state index in [1.165, 1.54) is 0 Å². The number of aliphatic hydroxyl groups is 1. The van der Waals surface area contributed by atoms with E-state index >= 15 is 0 Å². The standard InChI is InChI=1S/C14H20N4O/c1-4-12-11(8-10(3)16-17-12)13(19)9-14-15-6-7-18(14)5-2/h6-8,13,19H,4-5,9H2,1-3H3.